The first kappa shape index (κ1) is 22.9. The van der Waals surface area contributed by atoms with Crippen molar-refractivity contribution >= 4 is 21.6 Å². The van der Waals surface area contributed by atoms with Crippen molar-refractivity contribution in [2.45, 2.75) is 31.6 Å². The molecule has 33 heavy (non-hydrogen) atoms. The summed E-state index contributed by atoms with van der Waals surface area (Å²) < 4.78 is 33.2. The van der Waals surface area contributed by atoms with E-state index in [-0.39, 0.29) is 11.8 Å². The third-order valence-corrected chi connectivity index (χ3v) is 7.84. The van der Waals surface area contributed by atoms with Crippen LogP contribution in [-0.2, 0) is 14.8 Å². The number of nitrogens with one attached hydrogen (secondary N) is 1. The van der Waals surface area contributed by atoms with Crippen molar-refractivity contribution in [2.75, 3.05) is 18.4 Å². The Kier molecular flexibility index (Phi) is 6.76. The number of ether oxygens (including phenoxy) is 1. The molecular weight excluding hydrogens is 438 g/mol. The van der Waals surface area contributed by atoms with E-state index in [0.717, 1.165) is 11.1 Å². The van der Waals surface area contributed by atoms with Gasteiger partial charge in [0.05, 0.1) is 4.90 Å². The minimum atomic E-state index is -3.56. The lowest BCUT2D eigenvalue weighted by atomic mass is 9.97. The van der Waals surface area contributed by atoms with Gasteiger partial charge >= 0.3 is 0 Å². The Morgan fingerprint density at radius 3 is 2.21 bits per heavy atom. The van der Waals surface area contributed by atoms with E-state index in [2.05, 4.69) is 10.3 Å². The summed E-state index contributed by atoms with van der Waals surface area (Å²) in [6.07, 6.45) is 4.28. The third kappa shape index (κ3) is 5.40. The smallest absolute Gasteiger partial charge is 0.243 e. The van der Waals surface area contributed by atoms with Gasteiger partial charge in [-0.2, -0.15) is 4.31 Å². The van der Waals surface area contributed by atoms with Crippen LogP contribution < -0.4 is 10.1 Å². The molecule has 1 aliphatic heterocycles. The molecule has 4 rings (SSSR count). The summed E-state index contributed by atoms with van der Waals surface area (Å²) in [5.41, 5.74) is 2.68. The summed E-state index contributed by atoms with van der Waals surface area (Å²) >= 11 is 0. The van der Waals surface area contributed by atoms with Gasteiger partial charge in [-0.1, -0.05) is 6.07 Å². The maximum absolute atomic E-state index is 13.0. The molecule has 1 aliphatic rings. The van der Waals surface area contributed by atoms with Crippen molar-refractivity contribution in [1.29, 1.82) is 0 Å². The SMILES string of the molecule is Cc1ccc(S(=O)(=O)N2CCC(C(=O)Nc3ccc(Oc4ccncc4)cc3)CC2)cc1C. The molecule has 2 aromatic carbocycles. The summed E-state index contributed by atoms with van der Waals surface area (Å²) in [4.78, 5) is 17.0. The molecule has 2 heterocycles. The molecule has 0 bridgehead atoms. The molecule has 0 atom stereocenters. The van der Waals surface area contributed by atoms with Gasteiger partial charge in [-0.3, -0.25) is 9.78 Å². The lowest BCUT2D eigenvalue weighted by molar-refractivity contribution is -0.120. The van der Waals surface area contributed by atoms with Crippen LogP contribution >= 0.6 is 0 Å². The molecule has 1 saturated heterocycles. The Morgan fingerprint density at radius 2 is 1.58 bits per heavy atom. The van der Waals surface area contributed by atoms with Crippen LogP contribution in [0.3, 0.4) is 0 Å². The van der Waals surface area contributed by atoms with Crippen LogP contribution in [-0.4, -0.2) is 36.7 Å². The van der Waals surface area contributed by atoms with Crippen molar-refractivity contribution in [3.63, 3.8) is 0 Å². The van der Waals surface area contributed by atoms with Crippen molar-refractivity contribution in [1.82, 2.24) is 9.29 Å². The first-order chi connectivity index (χ1) is 15.8. The van der Waals surface area contributed by atoms with E-state index >= 15 is 0 Å². The fourth-order valence-corrected chi connectivity index (χ4v) is 5.33. The Hall–Kier alpha value is -3.23. The maximum atomic E-state index is 13.0. The highest BCUT2D eigenvalue weighted by atomic mass is 32.2. The normalized spacial score (nSPS) is 15.2. The molecule has 1 amide bonds. The number of benzene rings is 2. The molecule has 172 valence electrons. The number of rotatable bonds is 6. The monoisotopic (exact) mass is 465 g/mol. The molecule has 3 aromatic rings. The number of aryl methyl sites for hydroxylation is 2. The lowest BCUT2D eigenvalue weighted by Gasteiger charge is -2.30. The zero-order valence-corrected chi connectivity index (χ0v) is 19.5. The zero-order chi connectivity index (χ0) is 23.4. The number of carbonyl (C=O) groups excluding carboxylic acids is 1. The summed E-state index contributed by atoms with van der Waals surface area (Å²) in [5.74, 6) is 1.01. The molecule has 1 fully saturated rings. The number of amides is 1. The van der Waals surface area contributed by atoms with Gasteiger partial charge in [-0.05, 0) is 86.3 Å². The number of carbonyl (C=O) groups is 1. The molecule has 0 radical (unpaired) electrons. The van der Waals surface area contributed by atoms with Crippen LogP contribution in [0, 0.1) is 19.8 Å². The van der Waals surface area contributed by atoms with E-state index in [9.17, 15) is 13.2 Å². The zero-order valence-electron chi connectivity index (χ0n) is 18.7. The topological polar surface area (TPSA) is 88.6 Å². The van der Waals surface area contributed by atoms with Gasteiger partial charge in [0, 0.05) is 37.1 Å². The van der Waals surface area contributed by atoms with Crippen molar-refractivity contribution in [2.24, 2.45) is 5.92 Å². The van der Waals surface area contributed by atoms with Gasteiger partial charge < -0.3 is 10.1 Å². The van der Waals surface area contributed by atoms with Gasteiger partial charge in [-0.25, -0.2) is 8.42 Å². The quantitative estimate of drug-likeness (QED) is 0.578. The predicted molar refractivity (Wildman–Crippen MR) is 127 cm³/mol. The Morgan fingerprint density at radius 1 is 0.939 bits per heavy atom. The minimum Gasteiger partial charge on any atom is -0.457 e. The van der Waals surface area contributed by atoms with Crippen LogP contribution in [0.2, 0.25) is 0 Å². The predicted octanol–water partition coefficient (Wildman–Crippen LogP) is 4.53. The highest BCUT2D eigenvalue weighted by Crippen LogP contribution is 2.27. The molecule has 0 spiro atoms. The number of sulfonamides is 1. The fourth-order valence-electron chi connectivity index (χ4n) is 3.77. The number of nitrogens with zero attached hydrogens (tertiary/aromatic N) is 2. The highest BCUT2D eigenvalue weighted by Gasteiger charge is 2.32. The van der Waals surface area contributed by atoms with Crippen LogP contribution in [0.25, 0.3) is 0 Å². The second-order valence-corrected chi connectivity index (χ2v) is 10.2. The average molecular weight is 466 g/mol. The van der Waals surface area contributed by atoms with E-state index in [4.69, 9.17) is 4.74 Å². The number of aromatic nitrogens is 1. The van der Waals surface area contributed by atoms with Crippen molar-refractivity contribution in [3.8, 4) is 11.5 Å². The third-order valence-electron chi connectivity index (χ3n) is 5.95. The van der Waals surface area contributed by atoms with Gasteiger partial charge in [-0.15, -0.1) is 0 Å². The second-order valence-electron chi connectivity index (χ2n) is 8.22. The largest absolute Gasteiger partial charge is 0.457 e. The van der Waals surface area contributed by atoms with E-state index in [1.165, 1.54) is 4.31 Å². The molecule has 0 aliphatic carbocycles. The van der Waals surface area contributed by atoms with E-state index in [1.807, 2.05) is 19.9 Å². The standard InChI is InChI=1S/C25H27N3O4S/c1-18-3-8-24(17-19(18)2)33(30,31)28-15-11-20(12-16-28)25(29)27-21-4-6-22(7-5-21)32-23-9-13-26-14-10-23/h3-10,13-14,17,20H,11-12,15-16H2,1-2H3,(H,27,29). The number of piperidine rings is 1. The molecular formula is C25H27N3O4S. The molecule has 0 saturated carbocycles. The number of hydrogen-bond acceptors (Lipinski definition) is 5. The van der Waals surface area contributed by atoms with E-state index < -0.39 is 10.0 Å². The van der Waals surface area contributed by atoms with Gasteiger partial charge in [0.2, 0.25) is 15.9 Å². The van der Waals surface area contributed by atoms with E-state index in [0.29, 0.717) is 48.0 Å². The number of anilines is 1. The van der Waals surface area contributed by atoms with Crippen molar-refractivity contribution in [3.05, 3.63) is 78.1 Å². The number of pyridine rings is 1. The van der Waals surface area contributed by atoms with Crippen LogP contribution in [0.4, 0.5) is 5.69 Å². The summed E-state index contributed by atoms with van der Waals surface area (Å²) in [6, 6.07) is 15.9. The molecule has 1 N–H and O–H groups in total. The number of hydrogen-bond donors (Lipinski definition) is 1. The van der Waals surface area contributed by atoms with Gasteiger partial charge in [0.1, 0.15) is 11.5 Å². The molecule has 8 heteroatoms. The summed E-state index contributed by atoms with van der Waals surface area (Å²) in [5, 5.41) is 2.93. The maximum Gasteiger partial charge on any atom is 0.243 e. The Bertz CT molecular complexity index is 1220. The Balaban J connectivity index is 1.32. The summed E-state index contributed by atoms with van der Waals surface area (Å²) in [7, 11) is -3.56. The second kappa shape index (κ2) is 9.72. The minimum absolute atomic E-state index is 0.0963. The van der Waals surface area contributed by atoms with Gasteiger partial charge in [0.25, 0.3) is 0 Å². The van der Waals surface area contributed by atoms with Gasteiger partial charge in [0.15, 0.2) is 0 Å². The first-order valence-electron chi connectivity index (χ1n) is 10.9. The van der Waals surface area contributed by atoms with Crippen LogP contribution in [0.1, 0.15) is 24.0 Å². The van der Waals surface area contributed by atoms with E-state index in [1.54, 1.807) is 60.9 Å². The highest BCUT2D eigenvalue weighted by molar-refractivity contribution is 7.89. The average Bonchev–Trinajstić information content (AvgIpc) is 2.83. The van der Waals surface area contributed by atoms with Crippen molar-refractivity contribution < 1.29 is 17.9 Å². The summed E-state index contributed by atoms with van der Waals surface area (Å²) in [6.45, 7) is 4.51. The molecule has 1 aromatic heterocycles. The molecule has 0 unspecified atom stereocenters. The first-order valence-corrected chi connectivity index (χ1v) is 12.3. The molecule has 7 nitrogen and oxygen atoms in total. The van der Waals surface area contributed by atoms with Crippen LogP contribution in [0.5, 0.6) is 11.5 Å². The van der Waals surface area contributed by atoms with Crippen LogP contribution in [0.15, 0.2) is 71.9 Å². The lowest BCUT2D eigenvalue weighted by Crippen LogP contribution is -2.41. The Labute approximate surface area is 194 Å². The fraction of sp³-hybridized carbons (Fsp3) is 0.280.